The van der Waals surface area contributed by atoms with E-state index in [4.69, 9.17) is 14.6 Å². The van der Waals surface area contributed by atoms with Crippen molar-refractivity contribution in [3.05, 3.63) is 10.8 Å². The van der Waals surface area contributed by atoms with E-state index in [1.165, 1.54) is 6.33 Å². The highest BCUT2D eigenvalue weighted by Gasteiger charge is 2.11. The lowest BCUT2D eigenvalue weighted by Gasteiger charge is -2.10. The number of rotatable bonds is 11. The lowest BCUT2D eigenvalue weighted by Crippen LogP contribution is -2.27. The normalized spacial score (nSPS) is 12.1. The van der Waals surface area contributed by atoms with Gasteiger partial charge in [-0.1, -0.05) is 6.92 Å². The van der Waals surface area contributed by atoms with E-state index in [-0.39, 0.29) is 19.1 Å². The third-order valence-electron chi connectivity index (χ3n) is 2.10. The quantitative estimate of drug-likeness (QED) is 0.484. The number of hydrogen-bond acceptors (Lipinski definition) is 6. The number of halogens is 1. The standard InChI is InChI=1S/C11H19BrN4O4S/c1-2-5-19-6-3-15-21(18)16-10-9(12)11(14-8-13-10)20-7-4-17/h8,15,17H,2-7H2,1H3,(H,13,14,16). The summed E-state index contributed by atoms with van der Waals surface area (Å²) in [5.41, 5.74) is 0. The van der Waals surface area contributed by atoms with Gasteiger partial charge in [-0.25, -0.2) is 18.9 Å². The molecule has 21 heavy (non-hydrogen) atoms. The molecule has 1 aromatic heterocycles. The number of hydrogen-bond donors (Lipinski definition) is 3. The van der Waals surface area contributed by atoms with Crippen molar-refractivity contribution in [2.75, 3.05) is 37.7 Å². The van der Waals surface area contributed by atoms with Crippen LogP contribution in [0.25, 0.3) is 0 Å². The van der Waals surface area contributed by atoms with Gasteiger partial charge in [0.1, 0.15) is 17.4 Å². The molecule has 0 saturated carbocycles. The third kappa shape index (κ3) is 7.14. The lowest BCUT2D eigenvalue weighted by atomic mass is 10.5. The predicted molar refractivity (Wildman–Crippen MR) is 83.2 cm³/mol. The Labute approximate surface area is 134 Å². The van der Waals surface area contributed by atoms with Gasteiger partial charge in [-0.15, -0.1) is 0 Å². The number of aromatic nitrogens is 2. The van der Waals surface area contributed by atoms with Gasteiger partial charge < -0.3 is 14.6 Å². The molecule has 0 radical (unpaired) electrons. The molecule has 0 aliphatic carbocycles. The topological polar surface area (TPSA) is 106 Å². The molecular formula is C11H19BrN4O4S. The average Bonchev–Trinajstić information content (AvgIpc) is 2.48. The number of ether oxygens (including phenoxy) is 2. The molecule has 120 valence electrons. The van der Waals surface area contributed by atoms with Crippen LogP contribution in [0.5, 0.6) is 5.88 Å². The zero-order valence-electron chi connectivity index (χ0n) is 11.7. The fourth-order valence-electron chi connectivity index (χ4n) is 1.24. The largest absolute Gasteiger partial charge is 0.474 e. The molecule has 0 aromatic carbocycles. The van der Waals surface area contributed by atoms with Gasteiger partial charge in [-0.2, -0.15) is 0 Å². The molecule has 10 heteroatoms. The Hall–Kier alpha value is -0.810. The minimum atomic E-state index is -1.51. The first-order valence-electron chi connectivity index (χ1n) is 6.42. The van der Waals surface area contributed by atoms with Crippen LogP contribution < -0.4 is 14.2 Å². The first kappa shape index (κ1) is 18.2. The van der Waals surface area contributed by atoms with Gasteiger partial charge >= 0.3 is 0 Å². The summed E-state index contributed by atoms with van der Waals surface area (Å²) in [6.07, 6.45) is 2.23. The molecule has 1 rings (SSSR count). The van der Waals surface area contributed by atoms with Gasteiger partial charge in [-0.05, 0) is 22.4 Å². The van der Waals surface area contributed by atoms with Gasteiger partial charge in [0.2, 0.25) is 5.88 Å². The second-order valence-corrected chi connectivity index (χ2v) is 5.61. The Morgan fingerprint density at radius 2 is 2.19 bits per heavy atom. The van der Waals surface area contributed by atoms with Crippen molar-refractivity contribution in [1.82, 2.24) is 14.7 Å². The Morgan fingerprint density at radius 1 is 1.38 bits per heavy atom. The fraction of sp³-hybridized carbons (Fsp3) is 0.636. The monoisotopic (exact) mass is 382 g/mol. The fourth-order valence-corrected chi connectivity index (χ4v) is 2.47. The summed E-state index contributed by atoms with van der Waals surface area (Å²) >= 11 is 1.76. The zero-order valence-corrected chi connectivity index (χ0v) is 14.1. The molecule has 0 aliphatic rings. The van der Waals surface area contributed by atoms with Crippen molar-refractivity contribution in [3.63, 3.8) is 0 Å². The number of aliphatic hydroxyl groups is 1. The SMILES string of the molecule is CCCOCCNS(=O)Nc1ncnc(OCCO)c1Br. The summed E-state index contributed by atoms with van der Waals surface area (Å²) in [4.78, 5) is 7.88. The average molecular weight is 383 g/mol. The molecule has 1 atom stereocenters. The summed E-state index contributed by atoms with van der Waals surface area (Å²) in [5.74, 6) is 0.600. The predicted octanol–water partition coefficient (Wildman–Crippen LogP) is 0.617. The molecule has 0 spiro atoms. The third-order valence-corrected chi connectivity index (χ3v) is 3.66. The van der Waals surface area contributed by atoms with Gasteiger partial charge in [0.25, 0.3) is 0 Å². The van der Waals surface area contributed by atoms with E-state index < -0.39 is 11.2 Å². The van der Waals surface area contributed by atoms with Crippen molar-refractivity contribution in [1.29, 1.82) is 0 Å². The minimum absolute atomic E-state index is 0.116. The molecule has 8 nitrogen and oxygen atoms in total. The first-order valence-corrected chi connectivity index (χ1v) is 8.37. The summed E-state index contributed by atoms with van der Waals surface area (Å²) in [5, 5.41) is 8.72. The Morgan fingerprint density at radius 3 is 2.90 bits per heavy atom. The highest BCUT2D eigenvalue weighted by atomic mass is 79.9. The minimum Gasteiger partial charge on any atom is -0.474 e. The smallest absolute Gasteiger partial charge is 0.233 e. The van der Waals surface area contributed by atoms with Crippen LogP contribution in [-0.4, -0.2) is 52.3 Å². The van der Waals surface area contributed by atoms with Gasteiger partial charge in [0, 0.05) is 13.2 Å². The number of anilines is 1. The molecule has 0 aliphatic heterocycles. The van der Waals surface area contributed by atoms with Crippen LogP contribution in [-0.2, 0) is 15.9 Å². The maximum atomic E-state index is 11.8. The van der Waals surface area contributed by atoms with Crippen molar-refractivity contribution < 1.29 is 18.8 Å². The zero-order chi connectivity index (χ0) is 15.5. The highest BCUT2D eigenvalue weighted by molar-refractivity contribution is 9.10. The molecule has 0 fully saturated rings. The van der Waals surface area contributed by atoms with Crippen molar-refractivity contribution in [2.45, 2.75) is 13.3 Å². The van der Waals surface area contributed by atoms with E-state index in [1.54, 1.807) is 0 Å². The van der Waals surface area contributed by atoms with E-state index in [1.807, 2.05) is 6.92 Å². The van der Waals surface area contributed by atoms with E-state index in [2.05, 4.69) is 35.3 Å². The van der Waals surface area contributed by atoms with Crippen LogP contribution in [0.3, 0.4) is 0 Å². The second-order valence-electron chi connectivity index (χ2n) is 3.79. The van der Waals surface area contributed by atoms with Crippen LogP contribution in [0.4, 0.5) is 5.82 Å². The highest BCUT2D eigenvalue weighted by Crippen LogP contribution is 2.28. The molecular weight excluding hydrogens is 364 g/mol. The van der Waals surface area contributed by atoms with Gasteiger partial charge in [-0.3, -0.25) is 4.72 Å². The Balaban J connectivity index is 2.44. The van der Waals surface area contributed by atoms with E-state index in [9.17, 15) is 4.21 Å². The van der Waals surface area contributed by atoms with E-state index >= 15 is 0 Å². The first-order chi connectivity index (χ1) is 10.2. The molecule has 0 bridgehead atoms. The van der Waals surface area contributed by atoms with Crippen LogP contribution in [0.15, 0.2) is 10.8 Å². The van der Waals surface area contributed by atoms with Crippen LogP contribution in [0.1, 0.15) is 13.3 Å². The van der Waals surface area contributed by atoms with Crippen molar-refractivity contribution in [2.24, 2.45) is 0 Å². The molecule has 1 aromatic rings. The summed E-state index contributed by atoms with van der Waals surface area (Å²) < 4.78 is 28.1. The molecule has 1 heterocycles. The van der Waals surface area contributed by atoms with Crippen LogP contribution in [0.2, 0.25) is 0 Å². The maximum Gasteiger partial charge on any atom is 0.233 e. The Kier molecular flexibility index (Phi) is 9.42. The summed E-state index contributed by atoms with van der Waals surface area (Å²) in [6.45, 7) is 3.64. The van der Waals surface area contributed by atoms with Crippen molar-refractivity contribution >= 4 is 32.9 Å². The summed E-state index contributed by atoms with van der Waals surface area (Å²) in [6, 6.07) is 0. The van der Waals surface area contributed by atoms with Gasteiger partial charge in [0.15, 0.2) is 17.0 Å². The Bertz CT molecular complexity index is 452. The van der Waals surface area contributed by atoms with Crippen LogP contribution >= 0.6 is 15.9 Å². The van der Waals surface area contributed by atoms with E-state index in [0.29, 0.717) is 30.0 Å². The summed E-state index contributed by atoms with van der Waals surface area (Å²) in [7, 11) is 0. The molecule has 3 N–H and O–H groups in total. The lowest BCUT2D eigenvalue weighted by molar-refractivity contribution is 0.140. The number of aliphatic hydroxyl groups excluding tert-OH is 1. The number of nitrogens with one attached hydrogen (secondary N) is 2. The number of nitrogens with zero attached hydrogens (tertiary/aromatic N) is 2. The maximum absolute atomic E-state index is 11.8. The second kappa shape index (κ2) is 10.9. The van der Waals surface area contributed by atoms with E-state index in [0.717, 1.165) is 6.42 Å². The van der Waals surface area contributed by atoms with Crippen LogP contribution in [0, 0.1) is 0 Å². The molecule has 1 unspecified atom stereocenters. The molecule has 0 amide bonds. The molecule has 0 saturated heterocycles. The van der Waals surface area contributed by atoms with Crippen molar-refractivity contribution in [3.8, 4) is 5.88 Å². The van der Waals surface area contributed by atoms with Gasteiger partial charge in [0.05, 0.1) is 13.2 Å².